The molecule has 0 radical (unpaired) electrons. The molecule has 1 aliphatic heterocycles. The van der Waals surface area contributed by atoms with E-state index >= 15 is 0 Å². The molecule has 5 heteroatoms. The fourth-order valence-electron chi connectivity index (χ4n) is 2.88. The van der Waals surface area contributed by atoms with Gasteiger partial charge in [-0.25, -0.2) is 0 Å². The molecule has 0 bridgehead atoms. The monoisotopic (exact) mass is 306 g/mol. The molecule has 1 aromatic rings. The SMILES string of the molecule is CCOc1ccc(C(=O)N2CCC[C@@H]([C@@H](C)N)C2)cc1OC. The number of likely N-dealkylation sites (tertiary alicyclic amines) is 1. The highest BCUT2D eigenvalue weighted by Gasteiger charge is 2.26. The van der Waals surface area contributed by atoms with Crippen LogP contribution in [0.3, 0.4) is 0 Å². The van der Waals surface area contributed by atoms with Gasteiger partial charge in [0.1, 0.15) is 0 Å². The van der Waals surface area contributed by atoms with E-state index in [1.54, 1.807) is 25.3 Å². The largest absolute Gasteiger partial charge is 0.493 e. The van der Waals surface area contributed by atoms with Crippen LogP contribution < -0.4 is 15.2 Å². The van der Waals surface area contributed by atoms with E-state index in [1.807, 2.05) is 18.7 Å². The lowest BCUT2D eigenvalue weighted by molar-refractivity contribution is 0.0660. The summed E-state index contributed by atoms with van der Waals surface area (Å²) in [6, 6.07) is 5.46. The van der Waals surface area contributed by atoms with Crippen LogP contribution in [-0.2, 0) is 0 Å². The molecule has 1 saturated heterocycles. The number of hydrogen-bond acceptors (Lipinski definition) is 4. The van der Waals surface area contributed by atoms with Crippen LogP contribution in [0, 0.1) is 5.92 Å². The van der Waals surface area contributed by atoms with E-state index in [-0.39, 0.29) is 11.9 Å². The summed E-state index contributed by atoms with van der Waals surface area (Å²) in [5.41, 5.74) is 6.62. The van der Waals surface area contributed by atoms with Gasteiger partial charge in [-0.15, -0.1) is 0 Å². The number of methoxy groups -OCH3 is 1. The maximum absolute atomic E-state index is 12.7. The average molecular weight is 306 g/mol. The van der Waals surface area contributed by atoms with Crippen molar-refractivity contribution in [2.75, 3.05) is 26.8 Å². The molecule has 1 amide bonds. The van der Waals surface area contributed by atoms with E-state index < -0.39 is 0 Å². The molecular formula is C17H26N2O3. The number of carbonyl (C=O) groups excluding carboxylic acids is 1. The lowest BCUT2D eigenvalue weighted by Gasteiger charge is -2.34. The lowest BCUT2D eigenvalue weighted by Crippen LogP contribution is -2.45. The predicted molar refractivity (Wildman–Crippen MR) is 86.4 cm³/mol. The highest BCUT2D eigenvalue weighted by Crippen LogP contribution is 2.29. The van der Waals surface area contributed by atoms with E-state index in [0.29, 0.717) is 29.6 Å². The second kappa shape index (κ2) is 7.49. The van der Waals surface area contributed by atoms with Gasteiger partial charge in [-0.2, -0.15) is 0 Å². The minimum absolute atomic E-state index is 0.0340. The van der Waals surface area contributed by atoms with Crippen molar-refractivity contribution in [3.63, 3.8) is 0 Å². The number of nitrogens with zero attached hydrogens (tertiary/aromatic N) is 1. The number of benzene rings is 1. The van der Waals surface area contributed by atoms with Crippen LogP contribution in [0.5, 0.6) is 11.5 Å². The molecule has 2 N–H and O–H groups in total. The van der Waals surface area contributed by atoms with E-state index in [1.165, 1.54) is 0 Å². The summed E-state index contributed by atoms with van der Waals surface area (Å²) in [6.45, 7) is 6.01. The van der Waals surface area contributed by atoms with Crippen molar-refractivity contribution in [1.82, 2.24) is 4.90 Å². The van der Waals surface area contributed by atoms with Gasteiger partial charge in [0.25, 0.3) is 5.91 Å². The summed E-state index contributed by atoms with van der Waals surface area (Å²) >= 11 is 0. The highest BCUT2D eigenvalue weighted by atomic mass is 16.5. The van der Waals surface area contributed by atoms with Crippen LogP contribution in [0.1, 0.15) is 37.0 Å². The van der Waals surface area contributed by atoms with Crippen LogP contribution >= 0.6 is 0 Å². The van der Waals surface area contributed by atoms with Gasteiger partial charge in [0, 0.05) is 24.7 Å². The molecule has 1 fully saturated rings. The van der Waals surface area contributed by atoms with E-state index in [2.05, 4.69) is 0 Å². The Kier molecular flexibility index (Phi) is 5.66. The zero-order chi connectivity index (χ0) is 16.1. The Balaban J connectivity index is 2.15. The zero-order valence-electron chi connectivity index (χ0n) is 13.7. The van der Waals surface area contributed by atoms with Crippen molar-refractivity contribution < 1.29 is 14.3 Å². The molecule has 1 aromatic carbocycles. The van der Waals surface area contributed by atoms with E-state index in [0.717, 1.165) is 25.9 Å². The van der Waals surface area contributed by atoms with Gasteiger partial charge in [0.05, 0.1) is 13.7 Å². The molecule has 2 rings (SSSR count). The summed E-state index contributed by atoms with van der Waals surface area (Å²) in [7, 11) is 1.58. The third kappa shape index (κ3) is 3.71. The third-order valence-electron chi connectivity index (χ3n) is 4.20. The molecule has 0 aromatic heterocycles. The summed E-state index contributed by atoms with van der Waals surface area (Å²) in [6.07, 6.45) is 2.10. The first-order chi connectivity index (χ1) is 10.6. The molecule has 22 heavy (non-hydrogen) atoms. The molecule has 0 aliphatic carbocycles. The van der Waals surface area contributed by atoms with Crippen molar-refractivity contribution in [3.05, 3.63) is 23.8 Å². The normalized spacial score (nSPS) is 19.6. The topological polar surface area (TPSA) is 64.8 Å². The average Bonchev–Trinajstić information content (AvgIpc) is 2.55. The molecule has 5 nitrogen and oxygen atoms in total. The highest BCUT2D eigenvalue weighted by molar-refractivity contribution is 5.95. The van der Waals surface area contributed by atoms with Crippen LogP contribution in [0.4, 0.5) is 0 Å². The van der Waals surface area contributed by atoms with Crippen molar-refractivity contribution in [2.24, 2.45) is 11.7 Å². The Morgan fingerprint density at radius 3 is 2.86 bits per heavy atom. The Bertz CT molecular complexity index is 517. The fraction of sp³-hybridized carbons (Fsp3) is 0.588. The first-order valence-corrected chi connectivity index (χ1v) is 7.92. The van der Waals surface area contributed by atoms with Gasteiger partial charge < -0.3 is 20.1 Å². The Morgan fingerprint density at radius 2 is 2.23 bits per heavy atom. The van der Waals surface area contributed by atoms with Crippen LogP contribution in [0.25, 0.3) is 0 Å². The van der Waals surface area contributed by atoms with Crippen molar-refractivity contribution in [2.45, 2.75) is 32.7 Å². The molecule has 0 saturated carbocycles. The number of rotatable bonds is 5. The summed E-state index contributed by atoms with van der Waals surface area (Å²) in [5, 5.41) is 0. The Hall–Kier alpha value is -1.75. The van der Waals surface area contributed by atoms with Gasteiger partial charge in [0.15, 0.2) is 11.5 Å². The minimum Gasteiger partial charge on any atom is -0.493 e. The molecule has 1 aliphatic rings. The number of carbonyl (C=O) groups is 1. The first kappa shape index (κ1) is 16.6. The number of amides is 1. The Morgan fingerprint density at radius 1 is 1.45 bits per heavy atom. The van der Waals surface area contributed by atoms with Crippen LogP contribution in [0.15, 0.2) is 18.2 Å². The van der Waals surface area contributed by atoms with E-state index in [4.69, 9.17) is 15.2 Å². The standard InChI is InChI=1S/C17H26N2O3/c1-4-22-15-8-7-13(10-16(15)21-3)17(20)19-9-5-6-14(11-19)12(2)18/h7-8,10,12,14H,4-6,9,11,18H2,1-3H3/t12-,14-/m1/s1. The minimum atomic E-state index is 0.0340. The summed E-state index contributed by atoms with van der Waals surface area (Å²) in [5.74, 6) is 1.66. The number of piperidine rings is 1. The maximum Gasteiger partial charge on any atom is 0.254 e. The predicted octanol–water partition coefficient (Wildman–Crippen LogP) is 2.29. The molecule has 122 valence electrons. The van der Waals surface area contributed by atoms with Gasteiger partial charge in [-0.3, -0.25) is 4.79 Å². The van der Waals surface area contributed by atoms with Gasteiger partial charge in [0.2, 0.25) is 0 Å². The summed E-state index contributed by atoms with van der Waals surface area (Å²) in [4.78, 5) is 14.6. The molecular weight excluding hydrogens is 280 g/mol. The summed E-state index contributed by atoms with van der Waals surface area (Å²) < 4.78 is 10.8. The van der Waals surface area contributed by atoms with Crippen molar-refractivity contribution in [3.8, 4) is 11.5 Å². The number of nitrogens with two attached hydrogens (primary N) is 1. The van der Waals surface area contributed by atoms with Crippen molar-refractivity contribution in [1.29, 1.82) is 0 Å². The Labute approximate surface area is 132 Å². The third-order valence-corrected chi connectivity index (χ3v) is 4.20. The van der Waals surface area contributed by atoms with E-state index in [9.17, 15) is 4.79 Å². The lowest BCUT2D eigenvalue weighted by atomic mass is 9.92. The van der Waals surface area contributed by atoms with Gasteiger partial charge in [-0.05, 0) is 50.8 Å². The first-order valence-electron chi connectivity index (χ1n) is 7.92. The molecule has 2 atom stereocenters. The number of hydrogen-bond donors (Lipinski definition) is 1. The van der Waals surface area contributed by atoms with Crippen molar-refractivity contribution >= 4 is 5.91 Å². The second-order valence-corrected chi connectivity index (χ2v) is 5.81. The molecule has 0 unspecified atom stereocenters. The molecule has 0 spiro atoms. The van der Waals surface area contributed by atoms with Crippen LogP contribution in [0.2, 0.25) is 0 Å². The maximum atomic E-state index is 12.7. The van der Waals surface area contributed by atoms with Crippen LogP contribution in [-0.4, -0.2) is 43.7 Å². The van der Waals surface area contributed by atoms with Gasteiger partial charge >= 0.3 is 0 Å². The second-order valence-electron chi connectivity index (χ2n) is 5.81. The fourth-order valence-corrected chi connectivity index (χ4v) is 2.88. The molecule has 1 heterocycles. The quantitative estimate of drug-likeness (QED) is 0.906. The van der Waals surface area contributed by atoms with Gasteiger partial charge in [-0.1, -0.05) is 0 Å². The smallest absolute Gasteiger partial charge is 0.254 e. The zero-order valence-corrected chi connectivity index (χ0v) is 13.7. The number of ether oxygens (including phenoxy) is 2.